The summed E-state index contributed by atoms with van der Waals surface area (Å²) in [6.45, 7) is 5.28. The number of hydrogen-bond donors (Lipinski definition) is 0. The van der Waals surface area contributed by atoms with E-state index in [1.165, 1.54) is 17.9 Å². The Kier molecular flexibility index (Phi) is 6.07. The van der Waals surface area contributed by atoms with Crippen molar-refractivity contribution in [2.75, 3.05) is 6.54 Å². The van der Waals surface area contributed by atoms with E-state index in [-0.39, 0.29) is 30.2 Å². The Bertz CT molecular complexity index is 1080. The predicted octanol–water partition coefficient (Wildman–Crippen LogP) is 4.43. The van der Waals surface area contributed by atoms with Crippen molar-refractivity contribution >= 4 is 34.6 Å². The summed E-state index contributed by atoms with van der Waals surface area (Å²) in [4.78, 5) is 38.8. The van der Waals surface area contributed by atoms with Crippen molar-refractivity contribution in [2.45, 2.75) is 26.8 Å². The molecule has 5 heteroatoms. The first kappa shape index (κ1) is 20.3. The maximum atomic E-state index is 12.8. The molecule has 0 aliphatic heterocycles. The van der Waals surface area contributed by atoms with E-state index in [1.54, 1.807) is 41.1 Å². The van der Waals surface area contributed by atoms with Crippen molar-refractivity contribution in [1.29, 1.82) is 0 Å². The van der Waals surface area contributed by atoms with Gasteiger partial charge in [-0.05, 0) is 26.0 Å². The van der Waals surface area contributed by atoms with Crippen LogP contribution in [0.4, 0.5) is 0 Å². The molecular formula is C24H24N2O3. The van der Waals surface area contributed by atoms with Gasteiger partial charge in [0.1, 0.15) is 0 Å². The molecule has 2 aromatic carbocycles. The van der Waals surface area contributed by atoms with Gasteiger partial charge in [-0.1, -0.05) is 48.5 Å². The van der Waals surface area contributed by atoms with Gasteiger partial charge in [-0.2, -0.15) is 0 Å². The van der Waals surface area contributed by atoms with Gasteiger partial charge in [-0.15, -0.1) is 0 Å². The van der Waals surface area contributed by atoms with E-state index >= 15 is 0 Å². The Morgan fingerprint density at radius 1 is 1.00 bits per heavy atom. The first-order chi connectivity index (χ1) is 13.9. The van der Waals surface area contributed by atoms with Gasteiger partial charge in [0, 0.05) is 41.8 Å². The minimum Gasteiger partial charge on any atom is -0.329 e. The molecule has 3 rings (SSSR count). The van der Waals surface area contributed by atoms with Gasteiger partial charge in [0.05, 0.1) is 12.1 Å². The van der Waals surface area contributed by atoms with E-state index in [2.05, 4.69) is 0 Å². The summed E-state index contributed by atoms with van der Waals surface area (Å²) in [6, 6.07) is 16.4. The lowest BCUT2D eigenvalue weighted by atomic mass is 10.1. The highest BCUT2D eigenvalue weighted by atomic mass is 16.2. The summed E-state index contributed by atoms with van der Waals surface area (Å²) in [5, 5.41) is 0.892. The number of fused-ring (bicyclic) bond motifs is 1. The van der Waals surface area contributed by atoms with E-state index in [4.69, 9.17) is 0 Å². The van der Waals surface area contributed by atoms with Gasteiger partial charge in [0.15, 0.2) is 5.78 Å². The molecule has 0 unspecified atom stereocenters. The second kappa shape index (κ2) is 8.69. The number of rotatable bonds is 6. The average molecular weight is 388 g/mol. The summed E-state index contributed by atoms with van der Waals surface area (Å²) in [6.07, 6.45) is 4.89. The van der Waals surface area contributed by atoms with Crippen LogP contribution in [0.3, 0.4) is 0 Å². The molecule has 0 fully saturated rings. The molecule has 0 bridgehead atoms. The molecule has 148 valence electrons. The SMILES string of the molecule is CC(=O)n1cc(/C=C/C(=O)N(CC(=O)c2ccccc2)C(C)C)c2ccccc21. The minimum absolute atomic E-state index is 0.0139. The van der Waals surface area contributed by atoms with E-state index in [0.29, 0.717) is 5.56 Å². The molecule has 1 heterocycles. The van der Waals surface area contributed by atoms with Crippen LogP contribution < -0.4 is 0 Å². The van der Waals surface area contributed by atoms with E-state index in [0.717, 1.165) is 16.5 Å². The monoisotopic (exact) mass is 388 g/mol. The van der Waals surface area contributed by atoms with Crippen LogP contribution in [-0.2, 0) is 4.79 Å². The second-order valence-electron chi connectivity index (χ2n) is 7.17. The normalized spacial score (nSPS) is 11.3. The number of nitrogens with zero attached hydrogens (tertiary/aromatic N) is 2. The third-order valence-electron chi connectivity index (χ3n) is 4.80. The number of carbonyl (C=O) groups excluding carboxylic acids is 3. The largest absolute Gasteiger partial charge is 0.329 e. The molecule has 0 saturated heterocycles. The number of Topliss-reactive ketones (excluding diaryl/α,β-unsaturated/α-hetero) is 1. The highest BCUT2D eigenvalue weighted by Gasteiger charge is 2.19. The maximum absolute atomic E-state index is 12.8. The fraction of sp³-hybridized carbons (Fsp3) is 0.208. The summed E-state index contributed by atoms with van der Waals surface area (Å²) < 4.78 is 1.57. The van der Waals surface area contributed by atoms with Crippen LogP contribution in [0.1, 0.15) is 41.5 Å². The van der Waals surface area contributed by atoms with Crippen molar-refractivity contribution in [3.8, 4) is 0 Å². The molecular weight excluding hydrogens is 364 g/mol. The summed E-state index contributed by atoms with van der Waals surface area (Å²) in [5.74, 6) is -0.442. The van der Waals surface area contributed by atoms with Gasteiger partial charge in [0.25, 0.3) is 0 Å². The fourth-order valence-electron chi connectivity index (χ4n) is 3.24. The Balaban J connectivity index is 1.83. The van der Waals surface area contributed by atoms with E-state index in [1.807, 2.05) is 44.2 Å². The average Bonchev–Trinajstić information content (AvgIpc) is 3.09. The van der Waals surface area contributed by atoms with Crippen LogP contribution in [0, 0.1) is 0 Å². The molecule has 29 heavy (non-hydrogen) atoms. The van der Waals surface area contributed by atoms with Crippen LogP contribution in [0.15, 0.2) is 66.9 Å². The Hall–Kier alpha value is -3.47. The van der Waals surface area contributed by atoms with Crippen LogP contribution in [0.2, 0.25) is 0 Å². The molecule has 5 nitrogen and oxygen atoms in total. The van der Waals surface area contributed by atoms with Crippen LogP contribution in [0.25, 0.3) is 17.0 Å². The summed E-state index contributed by atoms with van der Waals surface area (Å²) >= 11 is 0. The Morgan fingerprint density at radius 3 is 2.31 bits per heavy atom. The lowest BCUT2D eigenvalue weighted by molar-refractivity contribution is -0.127. The molecule has 0 aliphatic rings. The highest BCUT2D eigenvalue weighted by Crippen LogP contribution is 2.22. The minimum atomic E-state index is -0.246. The molecule has 0 aliphatic carbocycles. The number of aromatic nitrogens is 1. The zero-order valence-corrected chi connectivity index (χ0v) is 16.8. The predicted molar refractivity (Wildman–Crippen MR) is 115 cm³/mol. The number of para-hydroxylation sites is 1. The van der Waals surface area contributed by atoms with Crippen molar-refractivity contribution in [1.82, 2.24) is 9.47 Å². The number of carbonyl (C=O) groups is 3. The van der Waals surface area contributed by atoms with E-state index in [9.17, 15) is 14.4 Å². The molecule has 0 N–H and O–H groups in total. The number of benzene rings is 2. The Morgan fingerprint density at radius 2 is 1.66 bits per heavy atom. The lowest BCUT2D eigenvalue weighted by Crippen LogP contribution is -2.39. The number of hydrogen-bond acceptors (Lipinski definition) is 3. The maximum Gasteiger partial charge on any atom is 0.247 e. The second-order valence-corrected chi connectivity index (χ2v) is 7.17. The molecule has 0 radical (unpaired) electrons. The van der Waals surface area contributed by atoms with Gasteiger partial charge >= 0.3 is 0 Å². The molecule has 0 saturated carbocycles. The van der Waals surface area contributed by atoms with Gasteiger partial charge in [0.2, 0.25) is 11.8 Å². The third kappa shape index (κ3) is 4.51. The first-order valence-electron chi connectivity index (χ1n) is 9.56. The van der Waals surface area contributed by atoms with Gasteiger partial charge in [-0.25, -0.2) is 0 Å². The highest BCUT2D eigenvalue weighted by molar-refractivity contribution is 6.03. The quantitative estimate of drug-likeness (QED) is 0.463. The smallest absolute Gasteiger partial charge is 0.247 e. The molecule has 0 spiro atoms. The third-order valence-corrected chi connectivity index (χ3v) is 4.80. The molecule has 1 amide bonds. The van der Waals surface area contributed by atoms with Crippen LogP contribution >= 0.6 is 0 Å². The van der Waals surface area contributed by atoms with Crippen LogP contribution in [-0.4, -0.2) is 39.7 Å². The van der Waals surface area contributed by atoms with Crippen molar-refractivity contribution in [3.05, 3.63) is 78.0 Å². The van der Waals surface area contributed by atoms with Crippen molar-refractivity contribution in [2.24, 2.45) is 0 Å². The van der Waals surface area contributed by atoms with Gasteiger partial charge in [-0.3, -0.25) is 19.0 Å². The Labute approximate surface area is 170 Å². The lowest BCUT2D eigenvalue weighted by Gasteiger charge is -2.24. The number of ketones is 1. The zero-order valence-electron chi connectivity index (χ0n) is 16.8. The summed E-state index contributed by atoms with van der Waals surface area (Å²) in [7, 11) is 0. The zero-order chi connectivity index (χ0) is 21.0. The molecule has 0 atom stereocenters. The topological polar surface area (TPSA) is 59.4 Å². The van der Waals surface area contributed by atoms with Crippen molar-refractivity contribution in [3.63, 3.8) is 0 Å². The summed E-state index contributed by atoms with van der Waals surface area (Å²) in [5.41, 5.74) is 2.16. The first-order valence-corrected chi connectivity index (χ1v) is 9.56. The standard InChI is InChI=1S/C24H24N2O3/c1-17(2)25(16-23(28)19-9-5-4-6-10-19)24(29)14-13-20-15-26(18(3)27)22-12-8-7-11-21(20)22/h4-15,17H,16H2,1-3H3/b14-13+. The van der Waals surface area contributed by atoms with Gasteiger partial charge < -0.3 is 4.90 Å². The fourth-order valence-corrected chi connectivity index (χ4v) is 3.24. The molecule has 1 aromatic heterocycles. The molecule has 3 aromatic rings. The number of amides is 1. The van der Waals surface area contributed by atoms with Crippen molar-refractivity contribution < 1.29 is 14.4 Å². The van der Waals surface area contributed by atoms with E-state index < -0.39 is 0 Å². The van der Waals surface area contributed by atoms with Crippen LogP contribution in [0.5, 0.6) is 0 Å².